The monoisotopic (exact) mass is 341 g/mol. The minimum absolute atomic E-state index is 0.180. The summed E-state index contributed by atoms with van der Waals surface area (Å²) >= 11 is 0. The Balaban J connectivity index is 1.80. The third kappa shape index (κ3) is 3.87. The lowest BCUT2D eigenvalue weighted by Crippen LogP contribution is -2.40. The van der Waals surface area contributed by atoms with Gasteiger partial charge in [-0.1, -0.05) is 0 Å². The summed E-state index contributed by atoms with van der Waals surface area (Å²) in [6.07, 6.45) is 3.77. The molecule has 2 aromatic heterocycles. The molecule has 7 heteroatoms. The molecule has 7 nitrogen and oxygen atoms in total. The Bertz CT molecular complexity index is 830. The van der Waals surface area contributed by atoms with Crippen LogP contribution in [0.2, 0.25) is 0 Å². The van der Waals surface area contributed by atoms with Crippen LogP contribution in [0, 0.1) is 6.92 Å². The van der Waals surface area contributed by atoms with Gasteiger partial charge < -0.3 is 14.8 Å². The molecule has 1 aliphatic heterocycles. The lowest BCUT2D eigenvalue weighted by Gasteiger charge is -2.33. The second-order valence-electron chi connectivity index (χ2n) is 6.69. The number of carbonyl (C=O) groups is 1. The van der Waals surface area contributed by atoms with E-state index in [0.29, 0.717) is 18.8 Å². The van der Waals surface area contributed by atoms with Gasteiger partial charge in [0.2, 0.25) is 0 Å². The molecule has 1 saturated heterocycles. The maximum Gasteiger partial charge on any atom is 0.345 e. The Morgan fingerprint density at radius 2 is 2.16 bits per heavy atom. The molecule has 1 amide bonds. The summed E-state index contributed by atoms with van der Waals surface area (Å²) in [5, 5.41) is 0. The van der Waals surface area contributed by atoms with E-state index in [1.165, 1.54) is 5.56 Å². The predicted molar refractivity (Wildman–Crippen MR) is 96.0 cm³/mol. The average molecular weight is 341 g/mol. The van der Waals surface area contributed by atoms with Gasteiger partial charge in [-0.2, -0.15) is 4.98 Å². The number of anilines is 1. The van der Waals surface area contributed by atoms with Crippen LogP contribution in [0.5, 0.6) is 0 Å². The molecule has 0 spiro atoms. The zero-order chi connectivity index (χ0) is 18.0. The highest BCUT2D eigenvalue weighted by Gasteiger charge is 2.26. The number of rotatable bonds is 3. The fraction of sp³-hybridized carbons (Fsp3) is 0.444. The first-order valence-corrected chi connectivity index (χ1v) is 8.44. The van der Waals surface area contributed by atoms with E-state index in [-0.39, 0.29) is 17.5 Å². The highest BCUT2D eigenvalue weighted by molar-refractivity contribution is 5.92. The van der Waals surface area contributed by atoms with E-state index in [2.05, 4.69) is 21.0 Å². The highest BCUT2D eigenvalue weighted by Crippen LogP contribution is 2.28. The van der Waals surface area contributed by atoms with E-state index < -0.39 is 5.69 Å². The summed E-state index contributed by atoms with van der Waals surface area (Å²) in [5.41, 5.74) is 1.56. The second-order valence-corrected chi connectivity index (χ2v) is 6.69. The Kier molecular flexibility index (Phi) is 4.83. The van der Waals surface area contributed by atoms with Crippen LogP contribution in [0.4, 0.5) is 5.82 Å². The van der Waals surface area contributed by atoms with Crippen molar-refractivity contribution < 1.29 is 4.79 Å². The minimum atomic E-state index is -0.485. The van der Waals surface area contributed by atoms with Gasteiger partial charge in [0, 0.05) is 45.0 Å². The molecule has 0 radical (unpaired) electrons. The van der Waals surface area contributed by atoms with Crippen LogP contribution in [0.3, 0.4) is 0 Å². The maximum atomic E-state index is 12.7. The number of carbonyl (C=O) groups excluding carboxylic acids is 1. The number of aryl methyl sites for hydroxylation is 1. The molecule has 0 aromatic carbocycles. The molecular weight excluding hydrogens is 318 g/mol. The summed E-state index contributed by atoms with van der Waals surface area (Å²) in [7, 11) is 3.92. The van der Waals surface area contributed by atoms with E-state index in [9.17, 15) is 9.59 Å². The number of nitrogens with zero attached hydrogens (tertiary/aromatic N) is 4. The highest BCUT2D eigenvalue weighted by atomic mass is 16.2. The molecule has 0 bridgehead atoms. The van der Waals surface area contributed by atoms with Gasteiger partial charge in [0.15, 0.2) is 0 Å². The van der Waals surface area contributed by atoms with Gasteiger partial charge in [-0.25, -0.2) is 9.78 Å². The number of likely N-dealkylation sites (tertiary alicyclic amines) is 1. The largest absolute Gasteiger partial charge is 0.363 e. The zero-order valence-electron chi connectivity index (χ0n) is 14.8. The Morgan fingerprint density at radius 3 is 2.88 bits per heavy atom. The Morgan fingerprint density at radius 1 is 1.36 bits per heavy atom. The smallest absolute Gasteiger partial charge is 0.345 e. The van der Waals surface area contributed by atoms with E-state index >= 15 is 0 Å². The summed E-state index contributed by atoms with van der Waals surface area (Å²) < 4.78 is 0. The van der Waals surface area contributed by atoms with Crippen molar-refractivity contribution in [2.45, 2.75) is 25.7 Å². The minimum Gasteiger partial charge on any atom is -0.363 e. The summed E-state index contributed by atoms with van der Waals surface area (Å²) in [6.45, 7) is 3.07. The number of hydrogen-bond acceptors (Lipinski definition) is 5. The van der Waals surface area contributed by atoms with Gasteiger partial charge in [-0.15, -0.1) is 0 Å². The van der Waals surface area contributed by atoms with Crippen molar-refractivity contribution in [3.63, 3.8) is 0 Å². The van der Waals surface area contributed by atoms with Crippen LogP contribution in [-0.4, -0.2) is 52.9 Å². The first kappa shape index (κ1) is 17.1. The number of hydrogen-bond donors (Lipinski definition) is 1. The van der Waals surface area contributed by atoms with Crippen LogP contribution in [0.1, 0.15) is 40.5 Å². The molecule has 0 unspecified atom stereocenters. The third-order valence-electron chi connectivity index (χ3n) is 4.51. The van der Waals surface area contributed by atoms with Gasteiger partial charge in [-0.3, -0.25) is 4.79 Å². The van der Waals surface area contributed by atoms with Gasteiger partial charge >= 0.3 is 5.69 Å². The average Bonchev–Trinajstić information content (AvgIpc) is 2.60. The van der Waals surface area contributed by atoms with Gasteiger partial charge in [-0.05, 0) is 43.5 Å². The number of H-pyrrole nitrogens is 1. The molecule has 2 aromatic rings. The molecule has 1 atom stereocenters. The predicted octanol–water partition coefficient (Wildman–Crippen LogP) is 1.56. The topological polar surface area (TPSA) is 82.2 Å². The Hall–Kier alpha value is -2.70. The van der Waals surface area contributed by atoms with E-state index in [4.69, 9.17) is 0 Å². The summed E-state index contributed by atoms with van der Waals surface area (Å²) in [4.78, 5) is 38.8. The molecule has 3 heterocycles. The van der Waals surface area contributed by atoms with Crippen molar-refractivity contribution in [2.75, 3.05) is 32.1 Å². The van der Waals surface area contributed by atoms with E-state index in [1.54, 1.807) is 17.9 Å². The van der Waals surface area contributed by atoms with Crippen LogP contribution in [-0.2, 0) is 0 Å². The molecule has 1 fully saturated rings. The lowest BCUT2D eigenvalue weighted by molar-refractivity contribution is 0.0700. The second kappa shape index (κ2) is 7.04. The van der Waals surface area contributed by atoms with Crippen LogP contribution >= 0.6 is 0 Å². The normalized spacial score (nSPS) is 17.4. The van der Waals surface area contributed by atoms with E-state index in [0.717, 1.165) is 18.7 Å². The fourth-order valence-corrected chi connectivity index (χ4v) is 3.22. The SMILES string of the molecule is Cc1cc(C(=O)N2CCC[C@H](c3ccnc(N(C)C)c3)C2)nc(=O)[nH]1. The first-order valence-electron chi connectivity index (χ1n) is 8.44. The standard InChI is InChI=1S/C18H23N5O2/c1-12-9-15(21-18(25)20-12)17(24)23-8-4-5-14(11-23)13-6-7-19-16(10-13)22(2)3/h6-7,9-10,14H,4-5,8,11H2,1-3H3,(H,20,21,25)/t14-/m0/s1. The first-order chi connectivity index (χ1) is 11.9. The molecule has 132 valence electrons. The molecule has 1 aliphatic rings. The molecule has 25 heavy (non-hydrogen) atoms. The summed E-state index contributed by atoms with van der Waals surface area (Å²) in [5.74, 6) is 0.996. The van der Waals surface area contributed by atoms with Gasteiger partial charge in [0.25, 0.3) is 5.91 Å². The number of nitrogens with one attached hydrogen (secondary N) is 1. The van der Waals surface area contributed by atoms with Crippen molar-refractivity contribution in [3.05, 3.63) is 51.8 Å². The lowest BCUT2D eigenvalue weighted by atomic mass is 9.91. The molecule has 0 saturated carbocycles. The molecule has 0 aliphatic carbocycles. The number of piperidine rings is 1. The van der Waals surface area contributed by atoms with E-state index in [1.807, 2.05) is 31.3 Å². The van der Waals surface area contributed by atoms with Crippen molar-refractivity contribution in [1.82, 2.24) is 19.9 Å². The number of aromatic amines is 1. The molecular formula is C18H23N5O2. The van der Waals surface area contributed by atoms with Crippen LogP contribution in [0.25, 0.3) is 0 Å². The number of pyridine rings is 1. The van der Waals surface area contributed by atoms with Crippen molar-refractivity contribution >= 4 is 11.7 Å². The van der Waals surface area contributed by atoms with Gasteiger partial charge in [0.05, 0.1) is 0 Å². The third-order valence-corrected chi connectivity index (χ3v) is 4.51. The van der Waals surface area contributed by atoms with Gasteiger partial charge in [0.1, 0.15) is 11.5 Å². The quantitative estimate of drug-likeness (QED) is 0.916. The zero-order valence-corrected chi connectivity index (χ0v) is 14.8. The maximum absolute atomic E-state index is 12.7. The van der Waals surface area contributed by atoms with Crippen LogP contribution in [0.15, 0.2) is 29.2 Å². The van der Waals surface area contributed by atoms with Crippen molar-refractivity contribution in [3.8, 4) is 0 Å². The van der Waals surface area contributed by atoms with Crippen molar-refractivity contribution in [2.24, 2.45) is 0 Å². The van der Waals surface area contributed by atoms with Crippen LogP contribution < -0.4 is 10.6 Å². The fourth-order valence-electron chi connectivity index (χ4n) is 3.22. The molecule has 3 rings (SSSR count). The van der Waals surface area contributed by atoms with Crippen molar-refractivity contribution in [1.29, 1.82) is 0 Å². The molecule has 1 N–H and O–H groups in total. The summed E-state index contributed by atoms with van der Waals surface area (Å²) in [6, 6.07) is 5.72. The number of aromatic nitrogens is 3. The Labute approximate surface area is 146 Å². The number of amides is 1.